The van der Waals surface area contributed by atoms with E-state index in [1.54, 1.807) is 0 Å². The summed E-state index contributed by atoms with van der Waals surface area (Å²) in [5.41, 5.74) is 0. The highest BCUT2D eigenvalue weighted by Gasteiger charge is 1.82. The molecule has 0 unspecified atom stereocenters. The normalized spacial score (nSPS) is 10.1. The molecule has 0 aromatic rings. The first-order valence-corrected chi connectivity index (χ1v) is 7.88. The van der Waals surface area contributed by atoms with Gasteiger partial charge in [0.2, 0.25) is 0 Å². The van der Waals surface area contributed by atoms with Gasteiger partial charge in [0, 0.05) is 13.1 Å². The topological polar surface area (TPSA) is 161 Å². The van der Waals surface area contributed by atoms with Crippen LogP contribution in [0.1, 0.15) is 0 Å². The van der Waals surface area contributed by atoms with Crippen LogP contribution in [0, 0.1) is 0 Å². The maximum atomic E-state index is 9.19. The van der Waals surface area contributed by atoms with Crippen molar-refractivity contribution >= 4 is 32.6 Å². The number of hydrogen-bond acceptors (Lipinski definition) is 7. The molecular weight excluding hydrogens is 314 g/mol. The van der Waals surface area contributed by atoms with Gasteiger partial charge in [-0.2, -0.15) is 16.8 Å². The van der Waals surface area contributed by atoms with Gasteiger partial charge < -0.3 is 15.5 Å². The fourth-order valence-corrected chi connectivity index (χ4v) is 0.283. The molecule has 0 rings (SSSR count). The van der Waals surface area contributed by atoms with E-state index >= 15 is 0 Å². The van der Waals surface area contributed by atoms with Crippen LogP contribution in [0.5, 0.6) is 0 Å². The summed E-state index contributed by atoms with van der Waals surface area (Å²) in [6, 6.07) is 0. The maximum absolute atomic E-state index is 9.19. The van der Waals surface area contributed by atoms with E-state index in [4.69, 9.17) is 19.3 Å². The van der Waals surface area contributed by atoms with Crippen molar-refractivity contribution in [1.29, 1.82) is 0 Å². The molecule has 9 nitrogen and oxygen atoms in total. The van der Waals surface area contributed by atoms with Gasteiger partial charge in [-0.25, -0.2) is 0 Å². The van der Waals surface area contributed by atoms with Crippen molar-refractivity contribution in [2.45, 2.75) is 0 Å². The molecule has 0 aliphatic heterocycles. The molecule has 5 N–H and O–H groups in total. The lowest BCUT2D eigenvalue weighted by Gasteiger charge is -1.94. The molecule has 0 aromatic heterocycles. The van der Waals surface area contributed by atoms with E-state index in [1.165, 1.54) is 0 Å². The molecule has 0 radical (unpaired) electrons. The average Bonchev–Trinajstić information content (AvgIpc) is 1.99. The Kier molecular flexibility index (Phi) is 22.2. The molecule has 116 valence electrons. The van der Waals surface area contributed by atoms with Crippen LogP contribution in [0.4, 0.5) is 0 Å². The third-order valence-electron chi connectivity index (χ3n) is 0.577. The minimum absolute atomic E-state index is 0. The van der Waals surface area contributed by atoms with Crippen molar-refractivity contribution in [3.63, 3.8) is 0 Å². The molecule has 0 bridgehead atoms. The van der Waals surface area contributed by atoms with Gasteiger partial charge in [0.15, 0.2) is 0 Å². The van der Waals surface area contributed by atoms with Crippen molar-refractivity contribution in [1.82, 2.24) is 5.32 Å². The number of nitrogens with one attached hydrogen (secondary N) is 1. The second-order valence-electron chi connectivity index (χ2n) is 2.66. The van der Waals surface area contributed by atoms with Crippen molar-refractivity contribution in [2.75, 3.05) is 38.8 Å². The smallest absolute Gasteiger partial charge is 0.261 e. The van der Waals surface area contributed by atoms with Gasteiger partial charge in [0.05, 0.1) is 25.7 Å². The van der Waals surface area contributed by atoms with Gasteiger partial charge in [0.25, 0.3) is 20.2 Å². The molecule has 0 saturated carbocycles. The highest BCUT2D eigenvalue weighted by Crippen LogP contribution is 1.61. The predicted octanol–water partition coefficient (Wildman–Crippen LogP) is -2.01. The van der Waals surface area contributed by atoms with Crippen molar-refractivity contribution in [2.24, 2.45) is 0 Å². The van der Waals surface area contributed by atoms with Crippen LogP contribution in [0.3, 0.4) is 0 Å². The summed E-state index contributed by atoms with van der Waals surface area (Å²) in [6.07, 6.45) is 1.43. The number of hydrogen-bond donors (Lipinski definition) is 5. The zero-order valence-electron chi connectivity index (χ0n) is 9.98. The van der Waals surface area contributed by atoms with Gasteiger partial charge >= 0.3 is 0 Å². The quantitative estimate of drug-likeness (QED) is 0.289. The maximum Gasteiger partial charge on any atom is 0.261 e. The van der Waals surface area contributed by atoms with E-state index in [-0.39, 0.29) is 25.6 Å². The molecule has 0 saturated heterocycles. The Morgan fingerprint density at radius 2 is 1.00 bits per heavy atom. The number of halogens is 1. The first kappa shape index (κ1) is 26.5. The summed E-state index contributed by atoms with van der Waals surface area (Å²) in [5, 5.41) is 19.1. The van der Waals surface area contributed by atoms with E-state index in [0.29, 0.717) is 25.6 Å². The van der Waals surface area contributed by atoms with Crippen LogP contribution in [-0.4, -0.2) is 75.0 Å². The summed E-state index contributed by atoms with van der Waals surface area (Å²) in [6.45, 7) is 1.42. The molecule has 18 heavy (non-hydrogen) atoms. The number of aliphatic hydroxyl groups is 2. The molecule has 12 heteroatoms. The van der Waals surface area contributed by atoms with Crippen molar-refractivity contribution < 1.29 is 36.2 Å². The highest BCUT2D eigenvalue weighted by atomic mass is 35.5. The molecule has 0 fully saturated rings. The predicted molar refractivity (Wildman–Crippen MR) is 69.2 cm³/mol. The second kappa shape index (κ2) is 15.0. The van der Waals surface area contributed by atoms with Gasteiger partial charge in [-0.3, -0.25) is 9.11 Å². The second-order valence-corrected chi connectivity index (χ2v) is 5.60. The fraction of sp³-hybridized carbons (Fsp3) is 1.00. The largest absolute Gasteiger partial charge is 0.395 e. The molecule has 0 aliphatic rings. The van der Waals surface area contributed by atoms with E-state index in [0.717, 1.165) is 0 Å². The van der Waals surface area contributed by atoms with E-state index in [1.807, 2.05) is 0 Å². The third-order valence-corrected chi connectivity index (χ3v) is 0.577. The highest BCUT2D eigenvalue weighted by molar-refractivity contribution is 7.85. The molecule has 0 spiro atoms. The molecule has 0 aromatic carbocycles. The SMILES string of the molecule is CS(=O)(=O)O.CS(=O)(=O)O.Cl.OCCNCCO. The summed E-state index contributed by atoms with van der Waals surface area (Å²) >= 11 is 0. The Labute approximate surface area is 113 Å². The van der Waals surface area contributed by atoms with Crippen molar-refractivity contribution in [3.05, 3.63) is 0 Å². The summed E-state index contributed by atoms with van der Waals surface area (Å²) in [7, 11) is -7.33. The van der Waals surface area contributed by atoms with Crippen LogP contribution < -0.4 is 5.32 Å². The lowest BCUT2D eigenvalue weighted by Crippen LogP contribution is -2.21. The zero-order chi connectivity index (χ0) is 14.5. The van der Waals surface area contributed by atoms with E-state index < -0.39 is 20.2 Å². The fourth-order valence-electron chi connectivity index (χ4n) is 0.283. The van der Waals surface area contributed by atoms with E-state index in [9.17, 15) is 16.8 Å². The Morgan fingerprint density at radius 1 is 0.833 bits per heavy atom. The van der Waals surface area contributed by atoms with Gasteiger partial charge in [0.1, 0.15) is 0 Å². The standard InChI is InChI=1S/C4H11NO2.2CH4O3S.ClH/c6-3-1-5-2-4-7;2*1-5(2,3)4;/h5-7H,1-4H2;2*1H3,(H,2,3,4);1H. The first-order chi connectivity index (χ1) is 7.41. The third kappa shape index (κ3) is 226. The van der Waals surface area contributed by atoms with Crippen LogP contribution in [0.2, 0.25) is 0 Å². The Hall–Kier alpha value is -0.0100. The van der Waals surface area contributed by atoms with Crippen molar-refractivity contribution in [3.8, 4) is 0 Å². The summed E-state index contributed by atoms with van der Waals surface area (Å²) in [4.78, 5) is 0. The number of aliphatic hydroxyl groups excluding tert-OH is 2. The molecule has 0 aliphatic carbocycles. The Balaban J connectivity index is -0.0000000813. The lowest BCUT2D eigenvalue weighted by molar-refractivity contribution is 0.266. The Morgan fingerprint density at radius 3 is 1.11 bits per heavy atom. The van der Waals surface area contributed by atoms with Crippen LogP contribution in [0.15, 0.2) is 0 Å². The molecule has 0 atom stereocenters. The summed E-state index contributed by atoms with van der Waals surface area (Å²) in [5.74, 6) is 0. The lowest BCUT2D eigenvalue weighted by atomic mass is 10.6. The van der Waals surface area contributed by atoms with Crippen LogP contribution >= 0.6 is 12.4 Å². The zero-order valence-corrected chi connectivity index (χ0v) is 12.4. The minimum atomic E-state index is -3.67. The van der Waals surface area contributed by atoms with Gasteiger partial charge in [-0.15, -0.1) is 12.4 Å². The molecule has 0 amide bonds. The van der Waals surface area contributed by atoms with Gasteiger partial charge in [-0.1, -0.05) is 0 Å². The van der Waals surface area contributed by atoms with Gasteiger partial charge in [-0.05, 0) is 0 Å². The van der Waals surface area contributed by atoms with Crippen LogP contribution in [-0.2, 0) is 20.2 Å². The summed E-state index contributed by atoms with van der Waals surface area (Å²) < 4.78 is 51.7. The van der Waals surface area contributed by atoms with E-state index in [2.05, 4.69) is 5.32 Å². The monoisotopic (exact) mass is 333 g/mol. The Bertz CT molecular complexity index is 291. The minimum Gasteiger partial charge on any atom is -0.395 e. The molecule has 0 heterocycles. The van der Waals surface area contributed by atoms with Crippen LogP contribution in [0.25, 0.3) is 0 Å². The average molecular weight is 334 g/mol. The molecular formula is C6H20ClNO8S2. The first-order valence-electron chi connectivity index (χ1n) is 4.19. The number of rotatable bonds is 4.